The first-order chi connectivity index (χ1) is 9.81. The van der Waals surface area contributed by atoms with Crippen molar-refractivity contribution in [2.24, 2.45) is 11.7 Å². The van der Waals surface area contributed by atoms with Gasteiger partial charge in [0.15, 0.2) is 0 Å². The van der Waals surface area contributed by atoms with Crippen molar-refractivity contribution in [1.82, 2.24) is 0 Å². The molecule has 0 saturated heterocycles. The van der Waals surface area contributed by atoms with Gasteiger partial charge in [-0.1, -0.05) is 13.3 Å². The number of halogens is 1. The standard InChI is InChI=1S/C14H20FN3O3/c1-9(4-3-5-10(2)16)14(19)17-13-8-11(18(20)21)6-7-12(13)15/h6-10H,3-5,16H2,1-2H3,(H,17,19). The van der Waals surface area contributed by atoms with Crippen molar-refractivity contribution < 1.29 is 14.1 Å². The maximum atomic E-state index is 13.6. The molecule has 6 nitrogen and oxygen atoms in total. The number of amides is 1. The molecule has 0 heterocycles. The summed E-state index contributed by atoms with van der Waals surface area (Å²) in [6, 6.07) is 3.11. The molecule has 3 N–H and O–H groups in total. The van der Waals surface area contributed by atoms with Crippen LogP contribution in [0.4, 0.5) is 15.8 Å². The van der Waals surface area contributed by atoms with Crippen LogP contribution in [0.1, 0.15) is 33.1 Å². The van der Waals surface area contributed by atoms with Crippen molar-refractivity contribution in [2.75, 3.05) is 5.32 Å². The van der Waals surface area contributed by atoms with Gasteiger partial charge in [-0.05, 0) is 25.8 Å². The summed E-state index contributed by atoms with van der Waals surface area (Å²) < 4.78 is 13.6. The Morgan fingerprint density at radius 1 is 1.43 bits per heavy atom. The predicted molar refractivity (Wildman–Crippen MR) is 78.3 cm³/mol. The number of nitro groups is 1. The predicted octanol–water partition coefficient (Wildman–Crippen LogP) is 2.83. The van der Waals surface area contributed by atoms with Gasteiger partial charge in [0.2, 0.25) is 5.91 Å². The van der Waals surface area contributed by atoms with Gasteiger partial charge in [0.25, 0.3) is 5.69 Å². The van der Waals surface area contributed by atoms with Crippen molar-refractivity contribution in [3.63, 3.8) is 0 Å². The third kappa shape index (κ3) is 5.47. The van der Waals surface area contributed by atoms with Gasteiger partial charge in [-0.25, -0.2) is 4.39 Å². The zero-order valence-electron chi connectivity index (χ0n) is 12.1. The van der Waals surface area contributed by atoms with Gasteiger partial charge in [-0.15, -0.1) is 0 Å². The van der Waals surface area contributed by atoms with Crippen LogP contribution in [-0.4, -0.2) is 16.9 Å². The lowest BCUT2D eigenvalue weighted by Crippen LogP contribution is -2.22. The van der Waals surface area contributed by atoms with Crippen LogP contribution in [0.3, 0.4) is 0 Å². The molecule has 1 rings (SSSR count). The van der Waals surface area contributed by atoms with Gasteiger partial charge in [0, 0.05) is 24.1 Å². The normalized spacial score (nSPS) is 13.5. The van der Waals surface area contributed by atoms with Crippen LogP contribution in [0.5, 0.6) is 0 Å². The minimum atomic E-state index is -0.697. The molecule has 1 aromatic rings. The largest absolute Gasteiger partial charge is 0.328 e. The molecule has 2 unspecified atom stereocenters. The van der Waals surface area contributed by atoms with E-state index in [0.29, 0.717) is 6.42 Å². The van der Waals surface area contributed by atoms with Crippen molar-refractivity contribution in [3.05, 3.63) is 34.1 Å². The highest BCUT2D eigenvalue weighted by molar-refractivity contribution is 5.92. The van der Waals surface area contributed by atoms with E-state index in [-0.39, 0.29) is 29.2 Å². The summed E-state index contributed by atoms with van der Waals surface area (Å²) in [7, 11) is 0. The SMILES string of the molecule is CC(N)CCCC(C)C(=O)Nc1cc([N+](=O)[O-])ccc1F. The topological polar surface area (TPSA) is 98.3 Å². The molecule has 0 aliphatic heterocycles. The van der Waals surface area contributed by atoms with Crippen molar-refractivity contribution in [3.8, 4) is 0 Å². The van der Waals surface area contributed by atoms with E-state index >= 15 is 0 Å². The third-order valence-corrected chi connectivity index (χ3v) is 3.16. The Labute approximate surface area is 122 Å². The lowest BCUT2D eigenvalue weighted by atomic mass is 10.0. The first-order valence-corrected chi connectivity index (χ1v) is 6.81. The number of rotatable bonds is 7. The fourth-order valence-corrected chi connectivity index (χ4v) is 1.86. The van der Waals surface area contributed by atoms with Gasteiger partial charge in [-0.3, -0.25) is 14.9 Å². The fraction of sp³-hybridized carbons (Fsp3) is 0.500. The van der Waals surface area contributed by atoms with E-state index in [0.717, 1.165) is 31.0 Å². The van der Waals surface area contributed by atoms with Crippen LogP contribution in [0.25, 0.3) is 0 Å². The number of non-ortho nitro benzene ring substituents is 1. The minimum absolute atomic E-state index is 0.0782. The Kier molecular flexibility index (Phi) is 6.23. The van der Waals surface area contributed by atoms with Gasteiger partial charge >= 0.3 is 0 Å². The Morgan fingerprint density at radius 2 is 2.10 bits per heavy atom. The molecule has 116 valence electrons. The number of carbonyl (C=O) groups excluding carboxylic acids is 1. The molecular formula is C14H20FN3O3. The van der Waals surface area contributed by atoms with Gasteiger partial charge < -0.3 is 11.1 Å². The van der Waals surface area contributed by atoms with Crippen LogP contribution in [0.15, 0.2) is 18.2 Å². The van der Waals surface area contributed by atoms with Crippen LogP contribution >= 0.6 is 0 Å². The van der Waals surface area contributed by atoms with E-state index in [4.69, 9.17) is 5.73 Å². The highest BCUT2D eigenvalue weighted by Crippen LogP contribution is 2.22. The molecule has 2 atom stereocenters. The number of hydrogen-bond donors (Lipinski definition) is 2. The second-order valence-electron chi connectivity index (χ2n) is 5.22. The first kappa shape index (κ1) is 17.0. The number of nitrogens with two attached hydrogens (primary N) is 1. The van der Waals surface area contributed by atoms with Crippen molar-refractivity contribution in [1.29, 1.82) is 0 Å². The molecule has 0 saturated carbocycles. The summed E-state index contributed by atoms with van der Waals surface area (Å²) in [6.07, 6.45) is 2.23. The summed E-state index contributed by atoms with van der Waals surface area (Å²) in [6.45, 7) is 3.62. The Hall–Kier alpha value is -2.02. The van der Waals surface area contributed by atoms with Crippen LogP contribution < -0.4 is 11.1 Å². The maximum absolute atomic E-state index is 13.6. The quantitative estimate of drug-likeness (QED) is 0.597. The zero-order valence-corrected chi connectivity index (χ0v) is 12.1. The third-order valence-electron chi connectivity index (χ3n) is 3.16. The molecular weight excluding hydrogens is 277 g/mol. The molecule has 21 heavy (non-hydrogen) atoms. The Bertz CT molecular complexity index is 520. The van der Waals surface area contributed by atoms with Crippen molar-refractivity contribution in [2.45, 2.75) is 39.2 Å². The molecule has 0 aliphatic carbocycles. The number of nitro benzene ring substituents is 1. The first-order valence-electron chi connectivity index (χ1n) is 6.81. The number of carbonyl (C=O) groups is 1. The summed E-state index contributed by atoms with van der Waals surface area (Å²) >= 11 is 0. The van der Waals surface area contributed by atoms with E-state index in [9.17, 15) is 19.3 Å². The molecule has 0 aromatic heterocycles. The second-order valence-corrected chi connectivity index (χ2v) is 5.22. The highest BCUT2D eigenvalue weighted by atomic mass is 19.1. The number of benzene rings is 1. The van der Waals surface area contributed by atoms with E-state index in [1.54, 1.807) is 6.92 Å². The molecule has 0 radical (unpaired) electrons. The van der Waals surface area contributed by atoms with Crippen LogP contribution in [0.2, 0.25) is 0 Å². The van der Waals surface area contributed by atoms with E-state index in [2.05, 4.69) is 5.32 Å². The number of hydrogen-bond acceptors (Lipinski definition) is 4. The smallest absolute Gasteiger partial charge is 0.271 e. The van der Waals surface area contributed by atoms with E-state index in [1.807, 2.05) is 6.92 Å². The Morgan fingerprint density at radius 3 is 2.67 bits per heavy atom. The maximum Gasteiger partial charge on any atom is 0.271 e. The zero-order chi connectivity index (χ0) is 16.0. The summed E-state index contributed by atoms with van der Waals surface area (Å²) in [5.74, 6) is -1.38. The lowest BCUT2D eigenvalue weighted by molar-refractivity contribution is -0.384. The van der Waals surface area contributed by atoms with Crippen molar-refractivity contribution >= 4 is 17.3 Å². The fourth-order valence-electron chi connectivity index (χ4n) is 1.86. The van der Waals surface area contributed by atoms with Gasteiger partial charge in [0.1, 0.15) is 5.82 Å². The Balaban J connectivity index is 2.65. The second kappa shape index (κ2) is 7.68. The van der Waals surface area contributed by atoms with Gasteiger partial charge in [-0.2, -0.15) is 0 Å². The highest BCUT2D eigenvalue weighted by Gasteiger charge is 2.17. The molecule has 1 amide bonds. The minimum Gasteiger partial charge on any atom is -0.328 e. The van der Waals surface area contributed by atoms with E-state index < -0.39 is 10.7 Å². The van der Waals surface area contributed by atoms with Crippen LogP contribution in [-0.2, 0) is 4.79 Å². The molecule has 1 aromatic carbocycles. The molecule has 0 bridgehead atoms. The van der Waals surface area contributed by atoms with E-state index in [1.165, 1.54) is 0 Å². The average Bonchev–Trinajstić information content (AvgIpc) is 2.40. The summed E-state index contributed by atoms with van der Waals surface area (Å²) in [4.78, 5) is 22.0. The lowest BCUT2D eigenvalue weighted by Gasteiger charge is -2.13. The summed E-state index contributed by atoms with van der Waals surface area (Å²) in [5.41, 5.74) is 5.19. The number of nitrogens with one attached hydrogen (secondary N) is 1. The molecule has 7 heteroatoms. The van der Waals surface area contributed by atoms with Gasteiger partial charge in [0.05, 0.1) is 10.6 Å². The molecule has 0 aliphatic rings. The average molecular weight is 297 g/mol. The van der Waals surface area contributed by atoms with Crippen LogP contribution in [0, 0.1) is 21.8 Å². The molecule has 0 spiro atoms. The summed E-state index contributed by atoms with van der Waals surface area (Å²) in [5, 5.41) is 13.0. The number of nitrogens with zero attached hydrogens (tertiary/aromatic N) is 1. The monoisotopic (exact) mass is 297 g/mol. The molecule has 0 fully saturated rings. The number of anilines is 1.